The molecule has 2 aromatic carbocycles. The van der Waals surface area contributed by atoms with Gasteiger partial charge in [-0.2, -0.15) is 0 Å². The van der Waals surface area contributed by atoms with Crippen LogP contribution in [0.1, 0.15) is 16.6 Å². The van der Waals surface area contributed by atoms with Crippen molar-refractivity contribution in [3.63, 3.8) is 0 Å². The topological polar surface area (TPSA) is 54.0 Å². The van der Waals surface area contributed by atoms with Crippen LogP contribution in [0.4, 0.5) is 0 Å². The normalized spacial score (nSPS) is 31.9. The molecular weight excluding hydrogens is 320 g/mol. The number of hydrogen-bond acceptors (Lipinski definition) is 5. The fraction of sp³-hybridized carbons (Fsp3) is 0.350. The zero-order chi connectivity index (χ0) is 21.1. The molecule has 0 aliphatic carbocycles. The van der Waals surface area contributed by atoms with Gasteiger partial charge in [0.1, 0.15) is 12.2 Å². The molecule has 0 saturated carbocycles. The van der Waals surface area contributed by atoms with Crippen LogP contribution in [0.25, 0.3) is 0 Å². The summed E-state index contributed by atoms with van der Waals surface area (Å²) in [5, 5.41) is 0. The van der Waals surface area contributed by atoms with Gasteiger partial charge in [0.05, 0.1) is 25.3 Å². The van der Waals surface area contributed by atoms with Gasteiger partial charge in [0.2, 0.25) is 12.1 Å². The number of ketones is 1. The van der Waals surface area contributed by atoms with E-state index in [2.05, 4.69) is 0 Å². The van der Waals surface area contributed by atoms with Crippen LogP contribution in [0.2, 0.25) is 0 Å². The van der Waals surface area contributed by atoms with Crippen molar-refractivity contribution in [2.75, 3.05) is 13.7 Å². The van der Waals surface area contributed by atoms with Gasteiger partial charge in [-0.05, 0) is 11.1 Å². The smallest absolute Gasteiger partial charge is 0.220 e. The molecule has 3 rings (SSSR count). The summed E-state index contributed by atoms with van der Waals surface area (Å²) in [7, 11) is 1.17. The molecule has 1 heterocycles. The average Bonchev–Trinajstić information content (AvgIpc) is 2.94. The maximum absolute atomic E-state index is 12.7. The van der Waals surface area contributed by atoms with Gasteiger partial charge in [0, 0.05) is 7.11 Å². The number of ether oxygens (including phenoxy) is 4. The summed E-state index contributed by atoms with van der Waals surface area (Å²) in [6.07, 6.45) is -7.14. The highest BCUT2D eigenvalue weighted by atomic mass is 16.7. The van der Waals surface area contributed by atoms with Crippen molar-refractivity contribution in [2.45, 2.75) is 31.7 Å². The molecule has 0 amide bonds. The lowest BCUT2D eigenvalue weighted by Crippen LogP contribution is -2.34. The Morgan fingerprint density at radius 2 is 1.64 bits per heavy atom. The van der Waals surface area contributed by atoms with Gasteiger partial charge >= 0.3 is 0 Å². The van der Waals surface area contributed by atoms with Gasteiger partial charge in [-0.25, -0.2) is 0 Å². The first-order valence-corrected chi connectivity index (χ1v) is 7.84. The second kappa shape index (κ2) is 8.87. The van der Waals surface area contributed by atoms with Crippen molar-refractivity contribution in [3.8, 4) is 0 Å². The highest BCUT2D eigenvalue weighted by Gasteiger charge is 2.44. The lowest BCUT2D eigenvalue weighted by Gasteiger charge is -2.17. The Hall–Kier alpha value is -2.05. The molecule has 0 aromatic heterocycles. The van der Waals surface area contributed by atoms with Crippen molar-refractivity contribution < 1.29 is 29.2 Å². The minimum absolute atomic E-state index is 0.182. The molecule has 0 spiro atoms. The second-order valence-corrected chi connectivity index (χ2v) is 5.36. The van der Waals surface area contributed by atoms with E-state index in [1.54, 1.807) is 60.7 Å². The second-order valence-electron chi connectivity index (χ2n) is 5.36. The van der Waals surface area contributed by atoms with Crippen molar-refractivity contribution in [2.24, 2.45) is 0 Å². The molecule has 0 N–H and O–H groups in total. The lowest BCUT2D eigenvalue weighted by atomic mass is 10.1. The van der Waals surface area contributed by atoms with Gasteiger partial charge in [0.15, 0.2) is 0 Å². The molecule has 1 fully saturated rings. The first-order chi connectivity index (χ1) is 13.7. The Morgan fingerprint density at radius 3 is 2.24 bits per heavy atom. The maximum atomic E-state index is 12.7. The first-order valence-electron chi connectivity index (χ1n) is 9.84. The summed E-state index contributed by atoms with van der Waals surface area (Å²) < 4.78 is 54.7. The molecule has 2 aromatic rings. The quantitative estimate of drug-likeness (QED) is 0.736. The third-order valence-corrected chi connectivity index (χ3v) is 3.56. The molecular formula is C20H22O5. The minimum Gasteiger partial charge on any atom is -0.374 e. The molecule has 5 nitrogen and oxygen atoms in total. The van der Waals surface area contributed by atoms with Gasteiger partial charge < -0.3 is 18.9 Å². The van der Waals surface area contributed by atoms with Crippen LogP contribution >= 0.6 is 0 Å². The Balaban J connectivity index is 1.86. The van der Waals surface area contributed by atoms with Crippen LogP contribution in [0.15, 0.2) is 60.7 Å². The van der Waals surface area contributed by atoms with Gasteiger partial charge in [-0.3, -0.25) is 4.79 Å². The van der Waals surface area contributed by atoms with Gasteiger partial charge in [0.25, 0.3) is 0 Å². The fourth-order valence-corrected chi connectivity index (χ4v) is 2.28. The number of benzene rings is 2. The number of carbonyl (C=O) groups excluding carboxylic acids is 1. The summed E-state index contributed by atoms with van der Waals surface area (Å²) in [6.45, 7) is -3.23. The largest absolute Gasteiger partial charge is 0.374 e. The van der Waals surface area contributed by atoms with Crippen molar-refractivity contribution in [1.29, 1.82) is 0 Å². The molecule has 25 heavy (non-hydrogen) atoms. The summed E-state index contributed by atoms with van der Waals surface area (Å²) in [5.41, 5.74) is 1.31. The third kappa shape index (κ3) is 4.74. The van der Waals surface area contributed by atoms with Crippen LogP contribution in [0.5, 0.6) is 0 Å². The molecule has 1 unspecified atom stereocenters. The van der Waals surface area contributed by atoms with E-state index < -0.39 is 30.8 Å². The number of methoxy groups -OCH3 is 1. The van der Waals surface area contributed by atoms with E-state index in [9.17, 15) is 4.79 Å². The molecule has 1 aliphatic rings. The van der Waals surface area contributed by atoms with E-state index in [0.717, 1.165) is 0 Å². The Labute approximate surface area is 153 Å². The van der Waals surface area contributed by atoms with E-state index >= 15 is 0 Å². The van der Waals surface area contributed by atoms with E-state index in [-0.39, 0.29) is 13.2 Å². The SMILES string of the molecule is [2H]C([2H])(OCc1ccccc1)[C@@]1([2H])OC(OC)C(=O)[C@]1([2H])OCc1ccccc1. The van der Waals surface area contributed by atoms with Crippen LogP contribution in [-0.4, -0.2) is 37.9 Å². The molecule has 0 bridgehead atoms. The average molecular weight is 346 g/mol. The molecule has 1 saturated heterocycles. The van der Waals surface area contributed by atoms with Gasteiger partial charge in [-0.1, -0.05) is 60.7 Å². The summed E-state index contributed by atoms with van der Waals surface area (Å²) >= 11 is 0. The summed E-state index contributed by atoms with van der Waals surface area (Å²) in [6, 6.07) is 17.6. The molecule has 1 aliphatic heterocycles. The number of Topliss-reactive ketones (excluding diaryl/α,β-unsaturated/α-hetero) is 1. The molecule has 3 atom stereocenters. The van der Waals surface area contributed by atoms with Gasteiger partial charge in [-0.15, -0.1) is 0 Å². The van der Waals surface area contributed by atoms with E-state index in [1.807, 2.05) is 0 Å². The maximum Gasteiger partial charge on any atom is 0.220 e. The summed E-state index contributed by atoms with van der Waals surface area (Å²) in [5.74, 6) is -1.00. The van der Waals surface area contributed by atoms with E-state index in [4.69, 9.17) is 24.4 Å². The minimum atomic E-state index is -2.86. The van der Waals surface area contributed by atoms with Crippen molar-refractivity contribution >= 4 is 5.78 Å². The van der Waals surface area contributed by atoms with E-state index in [1.165, 1.54) is 7.11 Å². The third-order valence-electron chi connectivity index (χ3n) is 3.56. The number of hydrogen-bond donors (Lipinski definition) is 0. The number of rotatable bonds is 8. The lowest BCUT2D eigenvalue weighted by molar-refractivity contribution is -0.154. The Morgan fingerprint density at radius 1 is 1.04 bits per heavy atom. The highest BCUT2D eigenvalue weighted by molar-refractivity contribution is 5.88. The molecule has 0 radical (unpaired) electrons. The van der Waals surface area contributed by atoms with Crippen molar-refractivity contribution in [1.82, 2.24) is 0 Å². The van der Waals surface area contributed by atoms with Crippen LogP contribution in [0.3, 0.4) is 0 Å². The van der Waals surface area contributed by atoms with E-state index in [0.29, 0.717) is 11.1 Å². The zero-order valence-electron chi connectivity index (χ0n) is 17.8. The number of carbonyl (C=O) groups is 1. The van der Waals surface area contributed by atoms with Crippen LogP contribution in [0, 0.1) is 0 Å². The fourth-order valence-electron chi connectivity index (χ4n) is 2.28. The summed E-state index contributed by atoms with van der Waals surface area (Å²) in [4.78, 5) is 12.7. The van der Waals surface area contributed by atoms with Crippen LogP contribution < -0.4 is 0 Å². The van der Waals surface area contributed by atoms with Crippen molar-refractivity contribution in [3.05, 3.63) is 71.8 Å². The zero-order valence-corrected chi connectivity index (χ0v) is 13.8. The van der Waals surface area contributed by atoms with Crippen LogP contribution in [-0.2, 0) is 37.0 Å². The molecule has 5 heteroatoms. The Bertz CT molecular complexity index is 835. The monoisotopic (exact) mass is 346 g/mol. The Kier molecular flexibility index (Phi) is 4.68. The predicted molar refractivity (Wildman–Crippen MR) is 91.8 cm³/mol. The standard InChI is InChI=1S/C20H22O5/c1-22-20-18(21)19(24-13-16-10-6-3-7-11-16)17(25-20)14-23-12-15-8-4-2-5-9-15/h2-11,17,19-20H,12-14H2,1H3/t17-,19-,20?/m1/s1/i14D2,17D,19D. The first kappa shape index (κ1) is 13.2. The predicted octanol–water partition coefficient (Wildman–Crippen LogP) is 2.73. The highest BCUT2D eigenvalue weighted by Crippen LogP contribution is 2.22. The molecule has 132 valence electrons.